The Hall–Kier alpha value is -0.610. The predicted molar refractivity (Wildman–Crippen MR) is 80.6 cm³/mol. The second kappa shape index (κ2) is 6.44. The minimum absolute atomic E-state index is 0.0781. The molecule has 3 atom stereocenters. The van der Waals surface area contributed by atoms with Crippen molar-refractivity contribution < 1.29 is 4.79 Å². The predicted octanol–water partition coefficient (Wildman–Crippen LogP) is 1.60. The average Bonchev–Trinajstić information content (AvgIpc) is 2.62. The number of amides is 1. The Labute approximate surface area is 122 Å². The third-order valence-corrected chi connectivity index (χ3v) is 5.45. The van der Waals surface area contributed by atoms with Gasteiger partial charge in [-0.1, -0.05) is 12.8 Å². The van der Waals surface area contributed by atoms with Gasteiger partial charge in [0.1, 0.15) is 0 Å². The van der Waals surface area contributed by atoms with Gasteiger partial charge in [-0.2, -0.15) is 0 Å². The smallest absolute Gasteiger partial charge is 0.240 e. The average molecular weight is 279 g/mol. The van der Waals surface area contributed by atoms with Crippen LogP contribution in [0.2, 0.25) is 0 Å². The lowest BCUT2D eigenvalue weighted by Crippen LogP contribution is -2.52. The van der Waals surface area contributed by atoms with E-state index >= 15 is 0 Å². The zero-order valence-electron chi connectivity index (χ0n) is 12.8. The third kappa shape index (κ3) is 2.86. The molecular formula is C16H29N3O. The molecular weight excluding hydrogens is 250 g/mol. The fourth-order valence-corrected chi connectivity index (χ4v) is 4.20. The number of nitrogens with zero attached hydrogens (tertiary/aromatic N) is 2. The van der Waals surface area contributed by atoms with Crippen molar-refractivity contribution >= 4 is 5.91 Å². The molecule has 2 bridgehead atoms. The van der Waals surface area contributed by atoms with Gasteiger partial charge in [0.25, 0.3) is 0 Å². The maximum Gasteiger partial charge on any atom is 0.240 e. The van der Waals surface area contributed by atoms with E-state index in [9.17, 15) is 4.79 Å². The van der Waals surface area contributed by atoms with Crippen molar-refractivity contribution in [3.05, 3.63) is 0 Å². The first-order valence-corrected chi connectivity index (χ1v) is 8.54. The molecule has 3 aliphatic heterocycles. The lowest BCUT2D eigenvalue weighted by Gasteiger charge is -2.35. The normalized spacial score (nSPS) is 33.5. The molecule has 114 valence electrons. The van der Waals surface area contributed by atoms with Crippen LogP contribution in [0.5, 0.6) is 0 Å². The summed E-state index contributed by atoms with van der Waals surface area (Å²) in [6.45, 7) is 6.41. The Kier molecular flexibility index (Phi) is 4.61. The highest BCUT2D eigenvalue weighted by Crippen LogP contribution is 2.29. The Balaban J connectivity index is 1.67. The Morgan fingerprint density at radius 1 is 1.05 bits per heavy atom. The molecule has 20 heavy (non-hydrogen) atoms. The van der Waals surface area contributed by atoms with Crippen molar-refractivity contribution in [2.24, 2.45) is 0 Å². The number of nitrogens with one attached hydrogen (secondary N) is 1. The van der Waals surface area contributed by atoms with Gasteiger partial charge < -0.3 is 10.2 Å². The van der Waals surface area contributed by atoms with Crippen molar-refractivity contribution in [1.29, 1.82) is 0 Å². The van der Waals surface area contributed by atoms with Gasteiger partial charge >= 0.3 is 0 Å². The second-order valence-corrected chi connectivity index (χ2v) is 6.75. The minimum Gasteiger partial charge on any atom is -0.334 e. The molecule has 0 radical (unpaired) electrons. The van der Waals surface area contributed by atoms with Gasteiger partial charge in [0, 0.05) is 18.6 Å². The summed E-state index contributed by atoms with van der Waals surface area (Å²) in [6.07, 6.45) is 8.71. The summed E-state index contributed by atoms with van der Waals surface area (Å²) in [5.74, 6) is 0.392. The van der Waals surface area contributed by atoms with Crippen LogP contribution in [-0.2, 0) is 4.79 Å². The van der Waals surface area contributed by atoms with Crippen LogP contribution in [0.4, 0.5) is 0 Å². The summed E-state index contributed by atoms with van der Waals surface area (Å²) in [7, 11) is 0. The van der Waals surface area contributed by atoms with Crippen LogP contribution in [0.1, 0.15) is 51.9 Å². The van der Waals surface area contributed by atoms with Crippen LogP contribution in [0.25, 0.3) is 0 Å². The van der Waals surface area contributed by atoms with Crippen LogP contribution in [-0.4, -0.2) is 60.0 Å². The van der Waals surface area contributed by atoms with E-state index in [2.05, 4.69) is 22.0 Å². The summed E-state index contributed by atoms with van der Waals surface area (Å²) in [5.41, 5.74) is 0. The molecule has 0 saturated carbocycles. The van der Waals surface area contributed by atoms with Crippen molar-refractivity contribution in [3.8, 4) is 0 Å². The van der Waals surface area contributed by atoms with E-state index in [4.69, 9.17) is 0 Å². The SMILES string of the molecule is CC(C(=O)N1C2CCNCC1CC2)N1CCCCCC1. The molecule has 3 heterocycles. The van der Waals surface area contributed by atoms with Gasteiger partial charge in [-0.05, 0) is 58.7 Å². The number of carbonyl (C=O) groups is 1. The van der Waals surface area contributed by atoms with E-state index in [1.54, 1.807) is 0 Å². The van der Waals surface area contributed by atoms with Crippen LogP contribution < -0.4 is 5.32 Å². The standard InChI is InChI=1S/C16H29N3O/c1-13(18-10-4-2-3-5-11-18)16(20)19-14-6-7-15(19)12-17-9-8-14/h13-15,17H,2-12H2,1H3. The van der Waals surface area contributed by atoms with Gasteiger partial charge in [-0.15, -0.1) is 0 Å². The van der Waals surface area contributed by atoms with E-state index < -0.39 is 0 Å². The molecule has 0 aliphatic carbocycles. The summed E-state index contributed by atoms with van der Waals surface area (Å²) < 4.78 is 0. The molecule has 4 heteroatoms. The van der Waals surface area contributed by atoms with E-state index in [0.717, 1.165) is 32.6 Å². The van der Waals surface area contributed by atoms with Gasteiger partial charge in [-0.3, -0.25) is 9.69 Å². The molecule has 3 aliphatic rings. The molecule has 3 rings (SSSR count). The molecule has 1 N–H and O–H groups in total. The Morgan fingerprint density at radius 3 is 2.50 bits per heavy atom. The van der Waals surface area contributed by atoms with E-state index in [0.29, 0.717) is 18.0 Å². The van der Waals surface area contributed by atoms with E-state index in [1.807, 2.05) is 0 Å². The summed E-state index contributed by atoms with van der Waals surface area (Å²) in [5, 5.41) is 3.48. The topological polar surface area (TPSA) is 35.6 Å². The number of carbonyl (C=O) groups excluding carboxylic acids is 1. The first kappa shape index (κ1) is 14.3. The highest BCUT2D eigenvalue weighted by Gasteiger charge is 2.40. The molecule has 0 spiro atoms. The monoisotopic (exact) mass is 279 g/mol. The number of likely N-dealkylation sites (tertiary alicyclic amines) is 1. The molecule has 3 unspecified atom stereocenters. The summed E-state index contributed by atoms with van der Waals surface area (Å²) >= 11 is 0. The molecule has 0 aromatic rings. The fraction of sp³-hybridized carbons (Fsp3) is 0.938. The van der Waals surface area contributed by atoms with Crippen LogP contribution in [0.3, 0.4) is 0 Å². The van der Waals surface area contributed by atoms with Crippen LogP contribution >= 0.6 is 0 Å². The number of hydrogen-bond donors (Lipinski definition) is 1. The van der Waals surface area contributed by atoms with Crippen LogP contribution in [0.15, 0.2) is 0 Å². The molecule has 3 fully saturated rings. The zero-order valence-corrected chi connectivity index (χ0v) is 12.8. The molecule has 0 aromatic heterocycles. The Bertz CT molecular complexity index is 325. The lowest BCUT2D eigenvalue weighted by molar-refractivity contribution is -0.139. The van der Waals surface area contributed by atoms with E-state index in [1.165, 1.54) is 38.5 Å². The minimum atomic E-state index is 0.0781. The fourth-order valence-electron chi connectivity index (χ4n) is 4.20. The zero-order chi connectivity index (χ0) is 13.9. The van der Waals surface area contributed by atoms with Crippen molar-refractivity contribution in [1.82, 2.24) is 15.1 Å². The van der Waals surface area contributed by atoms with Crippen molar-refractivity contribution in [2.75, 3.05) is 26.2 Å². The first-order valence-electron chi connectivity index (χ1n) is 8.54. The highest BCUT2D eigenvalue weighted by molar-refractivity contribution is 5.82. The molecule has 3 saturated heterocycles. The molecule has 1 amide bonds. The van der Waals surface area contributed by atoms with Gasteiger partial charge in [0.15, 0.2) is 0 Å². The summed E-state index contributed by atoms with van der Waals surface area (Å²) in [4.78, 5) is 17.6. The second-order valence-electron chi connectivity index (χ2n) is 6.75. The van der Waals surface area contributed by atoms with Crippen molar-refractivity contribution in [3.63, 3.8) is 0 Å². The number of rotatable bonds is 2. The number of fused-ring (bicyclic) bond motifs is 2. The number of hydrogen-bond acceptors (Lipinski definition) is 3. The van der Waals surface area contributed by atoms with Gasteiger partial charge in [0.05, 0.1) is 6.04 Å². The largest absolute Gasteiger partial charge is 0.334 e. The molecule has 4 nitrogen and oxygen atoms in total. The summed E-state index contributed by atoms with van der Waals surface area (Å²) in [6, 6.07) is 1.02. The van der Waals surface area contributed by atoms with Crippen molar-refractivity contribution in [2.45, 2.75) is 70.0 Å². The quantitative estimate of drug-likeness (QED) is 0.834. The first-order chi connectivity index (χ1) is 9.77. The lowest BCUT2D eigenvalue weighted by atomic mass is 10.1. The molecule has 0 aromatic carbocycles. The maximum atomic E-state index is 13.0. The Morgan fingerprint density at radius 2 is 1.75 bits per heavy atom. The van der Waals surface area contributed by atoms with Gasteiger partial charge in [-0.25, -0.2) is 0 Å². The third-order valence-electron chi connectivity index (χ3n) is 5.45. The highest BCUT2D eigenvalue weighted by atomic mass is 16.2. The van der Waals surface area contributed by atoms with Crippen LogP contribution in [0, 0.1) is 0 Å². The van der Waals surface area contributed by atoms with E-state index in [-0.39, 0.29) is 6.04 Å². The maximum absolute atomic E-state index is 13.0. The van der Waals surface area contributed by atoms with Gasteiger partial charge in [0.2, 0.25) is 5.91 Å².